The minimum atomic E-state index is 0. The molecule has 0 aromatic rings. The second kappa shape index (κ2) is 5.48. The van der Waals surface area contributed by atoms with Crippen molar-refractivity contribution < 1.29 is 0 Å². The van der Waals surface area contributed by atoms with E-state index in [0.717, 1.165) is 18.2 Å². The number of amidine groups is 1. The van der Waals surface area contributed by atoms with Crippen LogP contribution in [-0.4, -0.2) is 11.9 Å². The van der Waals surface area contributed by atoms with Crippen molar-refractivity contribution in [2.45, 2.75) is 46.1 Å². The molecule has 1 rings (SSSR count). The van der Waals surface area contributed by atoms with Gasteiger partial charge in [-0.25, -0.2) is 0 Å². The largest absolute Gasteiger partial charge is 0.387 e. The van der Waals surface area contributed by atoms with Crippen molar-refractivity contribution in [3.05, 3.63) is 0 Å². The molecule has 78 valence electrons. The summed E-state index contributed by atoms with van der Waals surface area (Å²) in [5.74, 6) is 2.21. The smallest absolute Gasteiger partial charge is 0.0943 e. The number of rotatable bonds is 1. The van der Waals surface area contributed by atoms with E-state index in [2.05, 4.69) is 25.8 Å². The minimum Gasteiger partial charge on any atom is -0.387 e. The Labute approximate surface area is 87.4 Å². The minimum absolute atomic E-state index is 0. The van der Waals surface area contributed by atoms with Gasteiger partial charge >= 0.3 is 0 Å². The van der Waals surface area contributed by atoms with E-state index < -0.39 is 0 Å². The quantitative estimate of drug-likeness (QED) is 0.701. The zero-order valence-electron chi connectivity index (χ0n) is 8.79. The molecule has 2 nitrogen and oxygen atoms in total. The predicted octanol–water partition coefficient (Wildman–Crippen LogP) is 2.61. The third-order valence-corrected chi connectivity index (χ3v) is 2.61. The summed E-state index contributed by atoms with van der Waals surface area (Å²) >= 11 is 0. The van der Waals surface area contributed by atoms with E-state index in [1.165, 1.54) is 12.8 Å². The monoisotopic (exact) mass is 204 g/mol. The van der Waals surface area contributed by atoms with Crippen LogP contribution in [0.5, 0.6) is 0 Å². The molecule has 0 aromatic heterocycles. The number of hydrogen-bond acceptors (Lipinski definition) is 2. The van der Waals surface area contributed by atoms with Crippen LogP contribution in [-0.2, 0) is 0 Å². The van der Waals surface area contributed by atoms with Crippen LogP contribution in [0.1, 0.15) is 40.0 Å². The Bertz CT molecular complexity index is 178. The van der Waals surface area contributed by atoms with Crippen LogP contribution in [0.15, 0.2) is 4.99 Å². The third-order valence-electron chi connectivity index (χ3n) is 2.61. The molecule has 0 spiro atoms. The molecule has 2 N–H and O–H groups in total. The van der Waals surface area contributed by atoms with Gasteiger partial charge in [0.2, 0.25) is 0 Å². The van der Waals surface area contributed by atoms with E-state index in [4.69, 9.17) is 5.73 Å². The van der Waals surface area contributed by atoms with Gasteiger partial charge in [0, 0.05) is 6.42 Å². The first-order valence-corrected chi connectivity index (χ1v) is 4.91. The average molecular weight is 205 g/mol. The van der Waals surface area contributed by atoms with Gasteiger partial charge in [-0.1, -0.05) is 20.8 Å². The lowest BCUT2D eigenvalue weighted by Crippen LogP contribution is -2.18. The van der Waals surface area contributed by atoms with Gasteiger partial charge in [0.15, 0.2) is 0 Å². The van der Waals surface area contributed by atoms with E-state index in [1.807, 2.05) is 0 Å². The van der Waals surface area contributed by atoms with E-state index >= 15 is 0 Å². The summed E-state index contributed by atoms with van der Waals surface area (Å²) in [6.45, 7) is 6.69. The topological polar surface area (TPSA) is 38.4 Å². The Kier molecular flexibility index (Phi) is 5.38. The molecule has 0 aromatic carbocycles. The molecule has 3 heteroatoms. The molecule has 2 atom stereocenters. The molecule has 0 radical (unpaired) electrons. The molecule has 0 saturated heterocycles. The van der Waals surface area contributed by atoms with Crippen LogP contribution in [0.25, 0.3) is 0 Å². The highest BCUT2D eigenvalue weighted by atomic mass is 35.5. The molecule has 1 aliphatic rings. The Morgan fingerprint density at radius 3 is 2.54 bits per heavy atom. The number of nitrogens with zero attached hydrogens (tertiary/aromatic N) is 1. The fraction of sp³-hybridized carbons (Fsp3) is 0.900. The van der Waals surface area contributed by atoms with Crippen LogP contribution in [0.2, 0.25) is 0 Å². The molecular formula is C10H21ClN2. The molecule has 0 saturated carbocycles. The molecule has 1 aliphatic heterocycles. The normalized spacial score (nSPS) is 29.1. The van der Waals surface area contributed by atoms with Crippen molar-refractivity contribution in [3.63, 3.8) is 0 Å². The lowest BCUT2D eigenvalue weighted by Gasteiger charge is -2.14. The Balaban J connectivity index is 0.00000144. The summed E-state index contributed by atoms with van der Waals surface area (Å²) in [6, 6.07) is 0.468. The maximum absolute atomic E-state index is 5.80. The summed E-state index contributed by atoms with van der Waals surface area (Å²) in [7, 11) is 0. The van der Waals surface area contributed by atoms with Crippen molar-refractivity contribution in [2.24, 2.45) is 22.6 Å². The summed E-state index contributed by atoms with van der Waals surface area (Å²) < 4.78 is 0. The zero-order chi connectivity index (χ0) is 9.14. The van der Waals surface area contributed by atoms with Gasteiger partial charge in [-0.2, -0.15) is 0 Å². The number of halogens is 1. The second-order valence-electron chi connectivity index (χ2n) is 4.32. The second-order valence-corrected chi connectivity index (χ2v) is 4.32. The van der Waals surface area contributed by atoms with Gasteiger partial charge in [-0.05, 0) is 24.7 Å². The number of aliphatic imine (C=N–C) groups is 1. The highest BCUT2D eigenvalue weighted by Crippen LogP contribution is 2.22. The Morgan fingerprint density at radius 2 is 2.00 bits per heavy atom. The fourth-order valence-corrected chi connectivity index (χ4v) is 1.73. The number of nitrogens with two attached hydrogens (primary N) is 1. The molecule has 1 heterocycles. The number of hydrogen-bond donors (Lipinski definition) is 1. The lowest BCUT2D eigenvalue weighted by molar-refractivity contribution is 0.428. The Morgan fingerprint density at radius 1 is 1.38 bits per heavy atom. The van der Waals surface area contributed by atoms with Gasteiger partial charge in [0.25, 0.3) is 0 Å². The average Bonchev–Trinajstić information content (AvgIpc) is 2.11. The fourth-order valence-electron chi connectivity index (χ4n) is 1.73. The standard InChI is InChI=1S/C10H20N2.ClH/c1-7(2)9-5-4-8(3)6-10(11)12-9;/h7-9H,4-6H2,1-3H3,(H2,11,12);1H/t8-,9+;/m1./s1. The van der Waals surface area contributed by atoms with Gasteiger partial charge in [-0.15, -0.1) is 12.4 Å². The molecule has 0 aliphatic carbocycles. The zero-order valence-corrected chi connectivity index (χ0v) is 9.60. The van der Waals surface area contributed by atoms with Crippen molar-refractivity contribution in [2.75, 3.05) is 0 Å². The molecule has 13 heavy (non-hydrogen) atoms. The first-order valence-electron chi connectivity index (χ1n) is 4.91. The summed E-state index contributed by atoms with van der Waals surface area (Å²) in [4.78, 5) is 4.52. The SMILES string of the molecule is CC(C)[C@@H]1CC[C@@H](C)CC(N)=N1.Cl. The first kappa shape index (κ1) is 12.8. The third kappa shape index (κ3) is 3.99. The lowest BCUT2D eigenvalue weighted by atomic mass is 9.96. The molecular weight excluding hydrogens is 184 g/mol. The predicted molar refractivity (Wildman–Crippen MR) is 60.5 cm³/mol. The summed E-state index contributed by atoms with van der Waals surface area (Å²) in [5.41, 5.74) is 5.80. The summed E-state index contributed by atoms with van der Waals surface area (Å²) in [6.07, 6.45) is 3.47. The molecule has 0 unspecified atom stereocenters. The highest BCUT2D eigenvalue weighted by Gasteiger charge is 2.18. The van der Waals surface area contributed by atoms with Crippen molar-refractivity contribution in [1.29, 1.82) is 0 Å². The van der Waals surface area contributed by atoms with Crippen LogP contribution in [0, 0.1) is 11.8 Å². The molecule has 0 bridgehead atoms. The van der Waals surface area contributed by atoms with Gasteiger partial charge in [0.05, 0.1) is 11.9 Å². The van der Waals surface area contributed by atoms with Crippen molar-refractivity contribution in [3.8, 4) is 0 Å². The van der Waals surface area contributed by atoms with Crippen LogP contribution in [0.3, 0.4) is 0 Å². The van der Waals surface area contributed by atoms with E-state index in [1.54, 1.807) is 0 Å². The summed E-state index contributed by atoms with van der Waals surface area (Å²) in [5, 5.41) is 0. The van der Waals surface area contributed by atoms with Crippen LogP contribution in [0.4, 0.5) is 0 Å². The van der Waals surface area contributed by atoms with E-state index in [-0.39, 0.29) is 12.4 Å². The van der Waals surface area contributed by atoms with Crippen molar-refractivity contribution in [1.82, 2.24) is 0 Å². The maximum Gasteiger partial charge on any atom is 0.0943 e. The highest BCUT2D eigenvalue weighted by molar-refractivity contribution is 5.85. The van der Waals surface area contributed by atoms with Crippen molar-refractivity contribution >= 4 is 18.2 Å². The maximum atomic E-state index is 5.80. The van der Waals surface area contributed by atoms with Gasteiger partial charge in [0.1, 0.15) is 0 Å². The van der Waals surface area contributed by atoms with Crippen LogP contribution < -0.4 is 5.73 Å². The van der Waals surface area contributed by atoms with Crippen LogP contribution >= 0.6 is 12.4 Å². The molecule has 0 fully saturated rings. The van der Waals surface area contributed by atoms with Gasteiger partial charge < -0.3 is 5.73 Å². The van der Waals surface area contributed by atoms with Gasteiger partial charge in [-0.3, -0.25) is 4.99 Å². The van der Waals surface area contributed by atoms with E-state index in [0.29, 0.717) is 12.0 Å². The molecule has 0 amide bonds. The first-order chi connectivity index (χ1) is 5.59. The Hall–Kier alpha value is -0.240. The van der Waals surface area contributed by atoms with E-state index in [9.17, 15) is 0 Å².